The van der Waals surface area contributed by atoms with Crippen LogP contribution in [0, 0.1) is 5.82 Å². The maximum absolute atomic E-state index is 13.0. The fraction of sp³-hybridized carbons (Fsp3) is 0.391. The third-order valence-corrected chi connectivity index (χ3v) is 4.29. The van der Waals surface area contributed by atoms with Crippen LogP contribution in [0.4, 0.5) is 4.39 Å². The number of ether oxygens (including phenoxy) is 1. The molecule has 0 heterocycles. The molecule has 1 amide bonds. The molecule has 0 aliphatic rings. The quantitative estimate of drug-likeness (QED) is 0.489. The lowest BCUT2D eigenvalue weighted by Gasteiger charge is -2.15. The Bertz CT molecular complexity index is 837. The lowest BCUT2D eigenvalue weighted by Crippen LogP contribution is -2.39. The minimum Gasteiger partial charge on any atom is -0.489 e. The van der Waals surface area contributed by atoms with Gasteiger partial charge in [-0.15, -0.1) is 0 Å². The van der Waals surface area contributed by atoms with Crippen LogP contribution >= 0.6 is 0 Å². The van der Waals surface area contributed by atoms with Crippen LogP contribution in [0.1, 0.15) is 29.8 Å². The Balaban J connectivity index is 1.87. The summed E-state index contributed by atoms with van der Waals surface area (Å²) in [6.45, 7) is 5.81. The lowest BCUT2D eigenvalue weighted by molar-refractivity contribution is 0.0827. The predicted molar refractivity (Wildman–Crippen MR) is 119 cm³/mol. The van der Waals surface area contributed by atoms with E-state index in [0.717, 1.165) is 18.5 Å². The van der Waals surface area contributed by atoms with Crippen LogP contribution in [-0.2, 0) is 6.42 Å². The standard InChI is InChI=1S/C23H31FN4O2/c1-5-25-23(27-16-17(2)30-21-11-9-20(24)10-12-21)26-14-13-18-7-6-8-19(15-18)22(29)28(3)4/h6-12,15,17H,5,13-14,16H2,1-4H3,(H2,25,26,27). The second-order valence-corrected chi connectivity index (χ2v) is 7.18. The maximum Gasteiger partial charge on any atom is 0.253 e. The van der Waals surface area contributed by atoms with Crippen molar-refractivity contribution in [2.45, 2.75) is 26.4 Å². The van der Waals surface area contributed by atoms with Gasteiger partial charge in [0.25, 0.3) is 5.91 Å². The topological polar surface area (TPSA) is 66.0 Å². The van der Waals surface area contributed by atoms with Gasteiger partial charge in [0.05, 0.1) is 6.54 Å². The van der Waals surface area contributed by atoms with Crippen molar-refractivity contribution in [1.82, 2.24) is 15.5 Å². The first-order valence-electron chi connectivity index (χ1n) is 10.1. The minimum atomic E-state index is -0.289. The number of carbonyl (C=O) groups excluding carboxylic acids is 1. The number of benzene rings is 2. The summed E-state index contributed by atoms with van der Waals surface area (Å²) in [5, 5.41) is 6.52. The number of hydrogen-bond acceptors (Lipinski definition) is 3. The Morgan fingerprint density at radius 3 is 2.57 bits per heavy atom. The average Bonchev–Trinajstić information content (AvgIpc) is 2.73. The van der Waals surface area contributed by atoms with Crippen molar-refractivity contribution < 1.29 is 13.9 Å². The zero-order chi connectivity index (χ0) is 21.9. The van der Waals surface area contributed by atoms with Gasteiger partial charge in [0.2, 0.25) is 0 Å². The highest BCUT2D eigenvalue weighted by atomic mass is 19.1. The van der Waals surface area contributed by atoms with E-state index < -0.39 is 0 Å². The summed E-state index contributed by atoms with van der Waals surface area (Å²) in [7, 11) is 3.49. The second-order valence-electron chi connectivity index (χ2n) is 7.18. The fourth-order valence-corrected chi connectivity index (χ4v) is 2.79. The number of rotatable bonds is 9. The van der Waals surface area contributed by atoms with E-state index in [9.17, 15) is 9.18 Å². The molecule has 2 rings (SSSR count). The van der Waals surface area contributed by atoms with E-state index in [0.29, 0.717) is 30.4 Å². The molecule has 0 aliphatic carbocycles. The van der Waals surface area contributed by atoms with E-state index in [-0.39, 0.29) is 17.8 Å². The van der Waals surface area contributed by atoms with Crippen LogP contribution in [0.2, 0.25) is 0 Å². The Morgan fingerprint density at radius 1 is 1.17 bits per heavy atom. The molecule has 1 unspecified atom stereocenters. The van der Waals surface area contributed by atoms with Gasteiger partial charge in [0.1, 0.15) is 17.7 Å². The molecule has 2 aromatic carbocycles. The van der Waals surface area contributed by atoms with Gasteiger partial charge in [-0.3, -0.25) is 4.79 Å². The number of nitrogens with one attached hydrogen (secondary N) is 2. The number of guanidine groups is 1. The zero-order valence-corrected chi connectivity index (χ0v) is 18.1. The van der Waals surface area contributed by atoms with Gasteiger partial charge < -0.3 is 20.3 Å². The third kappa shape index (κ3) is 7.73. The second kappa shape index (κ2) is 11.8. The van der Waals surface area contributed by atoms with Gasteiger partial charge in [-0.05, 0) is 62.2 Å². The summed E-state index contributed by atoms with van der Waals surface area (Å²) in [5.41, 5.74) is 1.77. The summed E-state index contributed by atoms with van der Waals surface area (Å²) < 4.78 is 18.7. The van der Waals surface area contributed by atoms with Crippen molar-refractivity contribution >= 4 is 11.9 Å². The molecule has 0 spiro atoms. The fourth-order valence-electron chi connectivity index (χ4n) is 2.79. The molecule has 0 bridgehead atoms. The molecule has 0 aliphatic heterocycles. The Hall–Kier alpha value is -3.09. The summed E-state index contributed by atoms with van der Waals surface area (Å²) in [6, 6.07) is 13.6. The molecule has 162 valence electrons. The Kier molecular flexibility index (Phi) is 9.12. The summed E-state index contributed by atoms with van der Waals surface area (Å²) in [6.07, 6.45) is 0.611. The van der Waals surface area contributed by atoms with E-state index in [1.807, 2.05) is 38.1 Å². The van der Waals surface area contributed by atoms with Crippen LogP contribution in [-0.4, -0.2) is 56.6 Å². The van der Waals surface area contributed by atoms with Crippen molar-refractivity contribution in [3.05, 3.63) is 65.5 Å². The number of amides is 1. The first-order valence-corrected chi connectivity index (χ1v) is 10.1. The molecule has 0 saturated heterocycles. The van der Waals surface area contributed by atoms with Crippen LogP contribution in [0.25, 0.3) is 0 Å². The lowest BCUT2D eigenvalue weighted by atomic mass is 10.1. The maximum atomic E-state index is 13.0. The normalized spacial score (nSPS) is 12.2. The van der Waals surface area contributed by atoms with Crippen LogP contribution in [0.3, 0.4) is 0 Å². The number of carbonyl (C=O) groups is 1. The number of aliphatic imine (C=N–C) groups is 1. The van der Waals surface area contributed by atoms with Crippen molar-refractivity contribution in [2.75, 3.05) is 33.7 Å². The summed E-state index contributed by atoms with van der Waals surface area (Å²) in [5.74, 6) is 1.02. The molecule has 6 nitrogen and oxygen atoms in total. The van der Waals surface area contributed by atoms with Gasteiger partial charge in [0.15, 0.2) is 5.96 Å². The van der Waals surface area contributed by atoms with Gasteiger partial charge in [-0.25, -0.2) is 9.38 Å². The first-order chi connectivity index (χ1) is 14.4. The summed E-state index contributed by atoms with van der Waals surface area (Å²) in [4.78, 5) is 18.2. The molecule has 2 aromatic rings. The Labute approximate surface area is 178 Å². The molecule has 7 heteroatoms. The number of halogens is 1. The zero-order valence-electron chi connectivity index (χ0n) is 18.1. The average molecular weight is 415 g/mol. The molecule has 0 aromatic heterocycles. The number of nitrogens with zero attached hydrogens (tertiary/aromatic N) is 2. The molecular formula is C23H31FN4O2. The van der Waals surface area contributed by atoms with Gasteiger partial charge in [-0.2, -0.15) is 0 Å². The van der Waals surface area contributed by atoms with Crippen molar-refractivity contribution in [1.29, 1.82) is 0 Å². The monoisotopic (exact) mass is 414 g/mol. The van der Waals surface area contributed by atoms with E-state index in [1.54, 1.807) is 31.1 Å². The van der Waals surface area contributed by atoms with Crippen LogP contribution < -0.4 is 15.4 Å². The van der Waals surface area contributed by atoms with Crippen molar-refractivity contribution in [3.63, 3.8) is 0 Å². The highest BCUT2D eigenvalue weighted by Gasteiger charge is 2.08. The van der Waals surface area contributed by atoms with E-state index in [4.69, 9.17) is 4.74 Å². The van der Waals surface area contributed by atoms with Gasteiger partial charge in [-0.1, -0.05) is 12.1 Å². The van der Waals surface area contributed by atoms with Crippen LogP contribution in [0.5, 0.6) is 5.75 Å². The van der Waals surface area contributed by atoms with E-state index >= 15 is 0 Å². The van der Waals surface area contributed by atoms with Gasteiger partial charge in [0, 0.05) is 32.7 Å². The Morgan fingerprint density at radius 2 is 1.90 bits per heavy atom. The van der Waals surface area contributed by atoms with Crippen molar-refractivity contribution in [3.8, 4) is 5.75 Å². The predicted octanol–water partition coefficient (Wildman–Crippen LogP) is 3.09. The highest BCUT2D eigenvalue weighted by molar-refractivity contribution is 5.94. The van der Waals surface area contributed by atoms with Gasteiger partial charge >= 0.3 is 0 Å². The van der Waals surface area contributed by atoms with E-state index in [2.05, 4.69) is 15.6 Å². The molecule has 0 saturated carbocycles. The first kappa shape index (κ1) is 23.2. The van der Waals surface area contributed by atoms with Crippen LogP contribution in [0.15, 0.2) is 53.5 Å². The largest absolute Gasteiger partial charge is 0.489 e. The molecule has 1 atom stereocenters. The highest BCUT2D eigenvalue weighted by Crippen LogP contribution is 2.13. The smallest absolute Gasteiger partial charge is 0.253 e. The minimum absolute atomic E-state index is 0.00477. The molecule has 30 heavy (non-hydrogen) atoms. The molecule has 0 radical (unpaired) electrons. The molecular weight excluding hydrogens is 383 g/mol. The SMILES string of the molecule is CCNC(=NCC(C)Oc1ccc(F)cc1)NCCc1cccc(C(=O)N(C)C)c1. The number of hydrogen-bond donors (Lipinski definition) is 2. The molecule has 2 N–H and O–H groups in total. The van der Waals surface area contributed by atoms with E-state index in [1.165, 1.54) is 12.1 Å². The molecule has 0 fully saturated rings. The van der Waals surface area contributed by atoms with Crippen molar-refractivity contribution in [2.24, 2.45) is 4.99 Å². The summed E-state index contributed by atoms with van der Waals surface area (Å²) >= 11 is 0. The third-order valence-electron chi connectivity index (χ3n) is 4.29.